The molecule has 194 valence electrons. The van der Waals surface area contributed by atoms with Crippen molar-refractivity contribution in [1.29, 1.82) is 0 Å². The lowest BCUT2D eigenvalue weighted by molar-refractivity contribution is -0.144. The van der Waals surface area contributed by atoms with Crippen LogP contribution in [0.4, 0.5) is 23.2 Å². The number of alkyl halides is 4. The predicted molar refractivity (Wildman–Crippen MR) is 132 cm³/mol. The van der Waals surface area contributed by atoms with Gasteiger partial charge in [0, 0.05) is 50.2 Å². The second-order valence-corrected chi connectivity index (χ2v) is 8.90. The molecule has 1 aliphatic heterocycles. The summed E-state index contributed by atoms with van der Waals surface area (Å²) in [5.74, 6) is -1.54. The molecule has 11 heteroatoms. The van der Waals surface area contributed by atoms with Gasteiger partial charge < -0.3 is 20.4 Å². The molecular weight excluding hydrogens is 478 g/mol. The highest BCUT2D eigenvalue weighted by atomic mass is 19.4. The lowest BCUT2D eigenvalue weighted by atomic mass is 9.99. The van der Waals surface area contributed by atoms with Crippen LogP contribution in [0.25, 0.3) is 22.4 Å². The predicted octanol–water partition coefficient (Wildman–Crippen LogP) is 3.48. The van der Waals surface area contributed by atoms with Crippen molar-refractivity contribution in [2.45, 2.75) is 24.8 Å². The lowest BCUT2D eigenvalue weighted by Crippen LogP contribution is -2.46. The summed E-state index contributed by atoms with van der Waals surface area (Å²) in [5, 5.41) is 6.24. The normalized spacial score (nSPS) is 18.9. The molecule has 2 atom stereocenters. The van der Waals surface area contributed by atoms with Gasteiger partial charge in [-0.25, -0.2) is 9.37 Å². The summed E-state index contributed by atoms with van der Waals surface area (Å²) in [6.45, 7) is 4.13. The quantitative estimate of drug-likeness (QED) is 0.463. The van der Waals surface area contributed by atoms with E-state index in [-0.39, 0.29) is 29.9 Å². The number of pyridine rings is 1. The van der Waals surface area contributed by atoms with Crippen molar-refractivity contribution in [3.05, 3.63) is 48.3 Å². The number of fused-ring (bicyclic) bond motifs is 1. The van der Waals surface area contributed by atoms with Gasteiger partial charge in [0.05, 0.1) is 23.0 Å². The molecule has 1 aromatic heterocycles. The number of amides is 2. The van der Waals surface area contributed by atoms with E-state index in [4.69, 9.17) is 0 Å². The van der Waals surface area contributed by atoms with Crippen LogP contribution in [-0.2, 0) is 9.59 Å². The Labute approximate surface area is 206 Å². The summed E-state index contributed by atoms with van der Waals surface area (Å²) in [7, 11) is 4.71. The molecule has 0 aliphatic carbocycles. The summed E-state index contributed by atoms with van der Waals surface area (Å²) in [6.07, 6.45) is -2.39. The van der Waals surface area contributed by atoms with Crippen LogP contribution in [0.5, 0.6) is 0 Å². The zero-order valence-corrected chi connectivity index (χ0v) is 20.3. The summed E-state index contributed by atoms with van der Waals surface area (Å²) in [6, 6.07) is 5.90. The SMILES string of the molecule is C=C(c1nc(/C=C/CNC(=O)C(=O)N(C)C)cc2c(N[C@@H]3CCN(C)C[C@@H]3F)cccc12)C(F)(F)F. The average Bonchev–Trinajstić information content (AvgIpc) is 2.81. The average molecular weight is 508 g/mol. The summed E-state index contributed by atoms with van der Waals surface area (Å²) >= 11 is 0. The number of hydrogen-bond acceptors (Lipinski definition) is 5. The number of benzene rings is 1. The van der Waals surface area contributed by atoms with Gasteiger partial charge in [0.1, 0.15) is 6.17 Å². The van der Waals surface area contributed by atoms with E-state index in [2.05, 4.69) is 22.2 Å². The molecule has 3 rings (SSSR count). The Kier molecular flexibility index (Phi) is 8.34. The topological polar surface area (TPSA) is 77.6 Å². The van der Waals surface area contributed by atoms with Crippen LogP contribution in [0.1, 0.15) is 17.8 Å². The molecule has 1 saturated heterocycles. The molecule has 2 N–H and O–H groups in total. The molecule has 1 aliphatic rings. The first-order valence-corrected chi connectivity index (χ1v) is 11.3. The second-order valence-electron chi connectivity index (χ2n) is 8.90. The van der Waals surface area contributed by atoms with E-state index in [9.17, 15) is 27.2 Å². The Morgan fingerprint density at radius 3 is 2.64 bits per heavy atom. The van der Waals surface area contributed by atoms with E-state index in [0.29, 0.717) is 24.0 Å². The monoisotopic (exact) mass is 507 g/mol. The highest BCUT2D eigenvalue weighted by Gasteiger charge is 2.35. The Balaban J connectivity index is 1.95. The number of nitrogens with zero attached hydrogens (tertiary/aromatic N) is 3. The number of aromatic nitrogens is 1. The summed E-state index contributed by atoms with van der Waals surface area (Å²) in [4.78, 5) is 30.6. The number of likely N-dealkylation sites (N-methyl/N-ethyl adjacent to an activating group) is 1. The number of likely N-dealkylation sites (tertiary alicyclic amines) is 1. The third-order valence-electron chi connectivity index (χ3n) is 5.88. The van der Waals surface area contributed by atoms with E-state index < -0.39 is 35.8 Å². The molecule has 0 unspecified atom stereocenters. The van der Waals surface area contributed by atoms with Crippen molar-refractivity contribution in [2.75, 3.05) is 46.1 Å². The largest absolute Gasteiger partial charge is 0.417 e. The van der Waals surface area contributed by atoms with Gasteiger partial charge in [-0.3, -0.25) is 9.59 Å². The number of carbonyl (C=O) groups excluding carboxylic acids is 2. The van der Waals surface area contributed by atoms with E-state index in [1.54, 1.807) is 18.2 Å². The van der Waals surface area contributed by atoms with Crippen LogP contribution in [-0.4, -0.2) is 85.8 Å². The van der Waals surface area contributed by atoms with Crippen LogP contribution >= 0.6 is 0 Å². The van der Waals surface area contributed by atoms with Crippen LogP contribution in [0, 0.1) is 0 Å². The zero-order valence-electron chi connectivity index (χ0n) is 20.3. The van der Waals surface area contributed by atoms with Gasteiger partial charge in [-0.2, -0.15) is 13.2 Å². The number of hydrogen-bond donors (Lipinski definition) is 2. The highest BCUT2D eigenvalue weighted by molar-refractivity contribution is 6.34. The van der Waals surface area contributed by atoms with Crippen molar-refractivity contribution in [3.8, 4) is 0 Å². The number of allylic oxidation sites excluding steroid dienone is 1. The maximum Gasteiger partial charge on any atom is 0.417 e. The smallest absolute Gasteiger partial charge is 0.379 e. The van der Waals surface area contributed by atoms with E-state index in [1.165, 1.54) is 32.3 Å². The highest BCUT2D eigenvalue weighted by Crippen LogP contribution is 2.37. The van der Waals surface area contributed by atoms with Crippen molar-refractivity contribution < 1.29 is 27.2 Å². The van der Waals surface area contributed by atoms with Crippen LogP contribution in [0.15, 0.2) is 36.9 Å². The lowest BCUT2D eigenvalue weighted by Gasteiger charge is -2.33. The van der Waals surface area contributed by atoms with Crippen molar-refractivity contribution in [3.63, 3.8) is 0 Å². The zero-order chi connectivity index (χ0) is 26.6. The fourth-order valence-corrected chi connectivity index (χ4v) is 3.90. The Morgan fingerprint density at radius 1 is 1.28 bits per heavy atom. The molecule has 36 heavy (non-hydrogen) atoms. The first kappa shape index (κ1) is 27.1. The molecule has 2 aromatic rings. The minimum Gasteiger partial charge on any atom is -0.379 e. The third-order valence-corrected chi connectivity index (χ3v) is 5.88. The number of rotatable bonds is 6. The number of anilines is 1. The molecule has 7 nitrogen and oxygen atoms in total. The first-order chi connectivity index (χ1) is 16.9. The van der Waals surface area contributed by atoms with Gasteiger partial charge in [0.15, 0.2) is 0 Å². The van der Waals surface area contributed by atoms with Gasteiger partial charge in [0.2, 0.25) is 0 Å². The molecule has 0 saturated carbocycles. The van der Waals surface area contributed by atoms with Crippen LogP contribution in [0.2, 0.25) is 0 Å². The maximum absolute atomic E-state index is 14.7. The number of carbonyl (C=O) groups is 2. The minimum absolute atomic E-state index is 0.0350. The van der Waals surface area contributed by atoms with Gasteiger partial charge >= 0.3 is 18.0 Å². The molecule has 1 aromatic carbocycles. The van der Waals surface area contributed by atoms with Gasteiger partial charge in [-0.1, -0.05) is 24.8 Å². The number of piperidine rings is 1. The molecule has 2 amide bonds. The fraction of sp³-hybridized carbons (Fsp3) is 0.400. The molecule has 0 radical (unpaired) electrons. The van der Waals surface area contributed by atoms with E-state index in [1.807, 2.05) is 11.9 Å². The Hall–Kier alpha value is -3.47. The fourth-order valence-electron chi connectivity index (χ4n) is 3.90. The summed E-state index contributed by atoms with van der Waals surface area (Å²) in [5.41, 5.74) is -0.767. The maximum atomic E-state index is 14.7. The van der Waals surface area contributed by atoms with Crippen molar-refractivity contribution in [2.24, 2.45) is 0 Å². The number of nitrogens with one attached hydrogen (secondary N) is 2. The minimum atomic E-state index is -4.70. The van der Waals surface area contributed by atoms with E-state index >= 15 is 0 Å². The molecule has 1 fully saturated rings. The second kappa shape index (κ2) is 11.1. The molecule has 2 heterocycles. The van der Waals surface area contributed by atoms with Crippen molar-refractivity contribution >= 4 is 39.9 Å². The Bertz CT molecular complexity index is 1180. The van der Waals surface area contributed by atoms with Crippen LogP contribution < -0.4 is 10.6 Å². The molecule has 0 bridgehead atoms. The third kappa shape index (κ3) is 6.39. The Morgan fingerprint density at radius 2 is 2.00 bits per heavy atom. The van der Waals surface area contributed by atoms with Gasteiger partial charge in [-0.15, -0.1) is 0 Å². The van der Waals surface area contributed by atoms with Crippen molar-refractivity contribution in [1.82, 2.24) is 20.1 Å². The first-order valence-electron chi connectivity index (χ1n) is 11.3. The standard InChI is InChI=1S/C25H29F4N5O2/c1-15(25(27,28)29)22-17-8-5-9-20(32-21-10-12-34(4)14-19(21)26)18(17)13-16(31-22)7-6-11-30-23(35)24(36)33(2)3/h5-9,13,19,21,32H,1,10-12,14H2,2-4H3,(H,30,35)/b7-6+/t19-,21+/m0/s1. The van der Waals surface area contributed by atoms with Gasteiger partial charge in [0.25, 0.3) is 0 Å². The van der Waals surface area contributed by atoms with E-state index in [0.717, 1.165) is 4.90 Å². The van der Waals surface area contributed by atoms with Crippen LogP contribution in [0.3, 0.4) is 0 Å². The number of halogens is 4. The molecule has 0 spiro atoms. The summed E-state index contributed by atoms with van der Waals surface area (Å²) < 4.78 is 55.4. The van der Waals surface area contributed by atoms with Gasteiger partial charge in [-0.05, 0) is 31.7 Å². The molecular formula is C25H29F4N5O2.